The number of benzene rings is 2. The van der Waals surface area contributed by atoms with Crippen molar-refractivity contribution in [3.05, 3.63) is 90.3 Å². The summed E-state index contributed by atoms with van der Waals surface area (Å²) in [5.74, 6) is 1.69. The molecule has 5 rings (SSSR count). The molecule has 181 valence electrons. The van der Waals surface area contributed by atoms with Gasteiger partial charge in [-0.25, -0.2) is 15.0 Å². The molecule has 0 unspecified atom stereocenters. The summed E-state index contributed by atoms with van der Waals surface area (Å²) in [6.07, 6.45) is 0. The Morgan fingerprint density at radius 3 is 1.26 bits per heavy atom. The number of hydrogen-bond acceptors (Lipinski definition) is 3. The van der Waals surface area contributed by atoms with E-state index in [0.717, 1.165) is 56.9 Å². The fourth-order valence-electron chi connectivity index (χ4n) is 4.04. The molecule has 0 saturated carbocycles. The van der Waals surface area contributed by atoms with Gasteiger partial charge < -0.3 is 33.9 Å². The normalized spacial score (nSPS) is 10.2. The molecule has 3 heterocycles. The molecule has 0 fully saturated rings. The number of pyridine rings is 1. The van der Waals surface area contributed by atoms with Crippen LogP contribution in [0.2, 0.25) is 0 Å². The van der Waals surface area contributed by atoms with Crippen LogP contribution in [-0.4, -0.2) is 24.1 Å². The predicted molar refractivity (Wildman–Crippen MR) is 129 cm³/mol. The van der Waals surface area contributed by atoms with Crippen LogP contribution < -0.4 is 24.8 Å². The van der Waals surface area contributed by atoms with E-state index in [4.69, 9.17) is 15.0 Å². The summed E-state index contributed by atoms with van der Waals surface area (Å²) in [5.41, 5.74) is 8.05. The van der Waals surface area contributed by atoms with Crippen LogP contribution in [0.4, 0.5) is 0 Å². The van der Waals surface area contributed by atoms with Crippen molar-refractivity contribution in [3.63, 3.8) is 0 Å². The fraction of sp³-hybridized carbons (Fsp3) is 0.148. The van der Waals surface area contributed by atoms with Gasteiger partial charge in [0.2, 0.25) is 0 Å². The van der Waals surface area contributed by atoms with Crippen LogP contribution in [0, 0.1) is 13.8 Å². The average molecular weight is 549 g/mol. The van der Waals surface area contributed by atoms with E-state index >= 15 is 0 Å². The Labute approximate surface area is 228 Å². The molecule has 0 amide bonds. The largest absolute Gasteiger partial charge is 2.00 e. The molecule has 0 N–H and O–H groups in total. The number of nitrogens with zero attached hydrogens (tertiary/aromatic N) is 5. The van der Waals surface area contributed by atoms with Crippen molar-refractivity contribution in [2.24, 2.45) is 14.1 Å². The summed E-state index contributed by atoms with van der Waals surface area (Å²) in [5, 5.41) is 0. The number of hydrogen-bond donors (Lipinski definition) is 0. The van der Waals surface area contributed by atoms with Crippen LogP contribution in [0.25, 0.3) is 45.6 Å². The third-order valence-electron chi connectivity index (χ3n) is 6.06. The zero-order valence-corrected chi connectivity index (χ0v) is 22.4. The summed E-state index contributed by atoms with van der Waals surface area (Å²) >= 11 is 0. The smallest absolute Gasteiger partial charge is 1.00 e. The molecule has 0 aliphatic heterocycles. The monoisotopic (exact) mass is 548 g/mol. The molecule has 0 bridgehead atoms. The number of rotatable bonds is 4. The number of imidazole rings is 2. The second-order valence-corrected chi connectivity index (χ2v) is 8.00. The van der Waals surface area contributed by atoms with Gasteiger partial charge in [-0.3, -0.25) is 0 Å². The Morgan fingerprint density at radius 1 is 0.514 bits per heavy atom. The zero-order valence-electron chi connectivity index (χ0n) is 19.8. The van der Waals surface area contributed by atoms with E-state index < -0.39 is 0 Å². The van der Waals surface area contributed by atoms with Gasteiger partial charge in [-0.1, -0.05) is 66.7 Å². The molecule has 0 saturated heterocycles. The molecular formula is C27H25Cl2CoN5. The van der Waals surface area contributed by atoms with E-state index in [-0.39, 0.29) is 41.6 Å². The van der Waals surface area contributed by atoms with Crippen LogP contribution in [0.5, 0.6) is 0 Å². The second-order valence-electron chi connectivity index (χ2n) is 8.00. The van der Waals surface area contributed by atoms with Crippen molar-refractivity contribution in [2.45, 2.75) is 13.8 Å². The molecule has 0 spiro atoms. The van der Waals surface area contributed by atoms with Gasteiger partial charge in [-0.15, -0.1) is 0 Å². The van der Waals surface area contributed by atoms with Crippen LogP contribution in [0.15, 0.2) is 78.9 Å². The van der Waals surface area contributed by atoms with Crippen LogP contribution in [0.3, 0.4) is 0 Å². The molecule has 3 aromatic heterocycles. The summed E-state index contributed by atoms with van der Waals surface area (Å²) in [6, 6.07) is 26.6. The first-order valence-corrected chi connectivity index (χ1v) is 10.7. The molecule has 0 atom stereocenters. The van der Waals surface area contributed by atoms with Crippen molar-refractivity contribution in [1.82, 2.24) is 24.1 Å². The van der Waals surface area contributed by atoms with Crippen LogP contribution in [-0.2, 0) is 30.9 Å². The van der Waals surface area contributed by atoms with E-state index in [1.54, 1.807) is 0 Å². The van der Waals surface area contributed by atoms with Crippen molar-refractivity contribution < 1.29 is 41.6 Å². The Bertz CT molecular complexity index is 1310. The third kappa shape index (κ3) is 5.21. The standard InChI is InChI=1S/C27H25N5.2ClH.Co/c1-18-24(20-12-7-5-8-13-20)29-26(31(18)3)22-16-11-17-23(28-22)27-30-25(19(2)32(27)4)21-14-9-6-10-15-21;;;/h5-17H,1-4H3;2*1H;/q;;;+2/p-2. The molecule has 8 heteroatoms. The SMILES string of the molecule is Cc1c(-c2ccccc2)nc(-c2cccc(-c3nc(-c4ccccc4)c(C)n3C)n2)n1C.[Cl-].[Cl-].[Co+2]. The molecule has 5 aromatic rings. The Balaban J connectivity index is 0.00000144. The minimum absolute atomic E-state index is 0. The van der Waals surface area contributed by atoms with Crippen molar-refractivity contribution in [1.29, 1.82) is 0 Å². The number of aromatic nitrogens is 5. The molecule has 35 heavy (non-hydrogen) atoms. The fourth-order valence-corrected chi connectivity index (χ4v) is 4.04. The Hall–Kier alpha value is -2.90. The molecule has 5 nitrogen and oxygen atoms in total. The Morgan fingerprint density at radius 2 is 0.886 bits per heavy atom. The van der Waals surface area contributed by atoms with E-state index in [1.165, 1.54) is 0 Å². The average Bonchev–Trinajstić information content (AvgIpc) is 3.31. The van der Waals surface area contributed by atoms with E-state index in [1.807, 2.05) is 68.7 Å². The second kappa shape index (κ2) is 11.7. The summed E-state index contributed by atoms with van der Waals surface area (Å²) in [7, 11) is 4.08. The maximum Gasteiger partial charge on any atom is 2.00 e. The minimum atomic E-state index is 0. The first-order chi connectivity index (χ1) is 15.5. The topological polar surface area (TPSA) is 48.5 Å². The van der Waals surface area contributed by atoms with E-state index in [9.17, 15) is 0 Å². The van der Waals surface area contributed by atoms with Gasteiger partial charge >= 0.3 is 16.8 Å². The first kappa shape index (κ1) is 28.3. The van der Waals surface area contributed by atoms with E-state index in [2.05, 4.69) is 47.2 Å². The number of halogens is 2. The predicted octanol–water partition coefficient (Wildman–Crippen LogP) is -0.161. The summed E-state index contributed by atoms with van der Waals surface area (Å²) in [4.78, 5) is 14.9. The molecular weight excluding hydrogens is 524 g/mol. The van der Waals surface area contributed by atoms with Crippen LogP contribution in [0.1, 0.15) is 11.4 Å². The van der Waals surface area contributed by atoms with Gasteiger partial charge in [-0.05, 0) is 26.0 Å². The third-order valence-corrected chi connectivity index (χ3v) is 6.06. The maximum absolute atomic E-state index is 4.96. The van der Waals surface area contributed by atoms with Crippen LogP contribution >= 0.6 is 0 Å². The zero-order chi connectivity index (χ0) is 22.2. The van der Waals surface area contributed by atoms with E-state index in [0.29, 0.717) is 0 Å². The van der Waals surface area contributed by atoms with Gasteiger partial charge in [0, 0.05) is 36.6 Å². The van der Waals surface area contributed by atoms with Crippen molar-refractivity contribution in [2.75, 3.05) is 0 Å². The maximum atomic E-state index is 4.96. The first-order valence-electron chi connectivity index (χ1n) is 10.7. The van der Waals surface area contributed by atoms with Gasteiger partial charge in [-0.2, -0.15) is 0 Å². The van der Waals surface area contributed by atoms with Gasteiger partial charge in [0.05, 0.1) is 11.4 Å². The summed E-state index contributed by atoms with van der Waals surface area (Å²) in [6.45, 7) is 4.19. The summed E-state index contributed by atoms with van der Waals surface area (Å²) < 4.78 is 4.21. The van der Waals surface area contributed by atoms with Gasteiger partial charge in [0.25, 0.3) is 0 Å². The molecule has 2 aromatic carbocycles. The van der Waals surface area contributed by atoms with Gasteiger partial charge in [0.1, 0.15) is 11.4 Å². The van der Waals surface area contributed by atoms with Gasteiger partial charge in [0.15, 0.2) is 11.6 Å². The molecule has 1 radical (unpaired) electrons. The van der Waals surface area contributed by atoms with Crippen molar-refractivity contribution >= 4 is 0 Å². The molecule has 0 aliphatic carbocycles. The van der Waals surface area contributed by atoms with Crippen molar-refractivity contribution in [3.8, 4) is 45.6 Å². The molecule has 0 aliphatic rings. The Kier molecular flexibility index (Phi) is 9.46. The quantitative estimate of drug-likeness (QED) is 0.313. The minimum Gasteiger partial charge on any atom is -1.00 e.